The molecule has 0 N–H and O–H groups in total. The van der Waals surface area contributed by atoms with Crippen molar-refractivity contribution in [1.29, 1.82) is 0 Å². The van der Waals surface area contributed by atoms with Crippen molar-refractivity contribution in [1.82, 2.24) is 19.9 Å². The van der Waals surface area contributed by atoms with Gasteiger partial charge in [0, 0.05) is 68.6 Å². The molecule has 0 atom stereocenters. The first kappa shape index (κ1) is 21.7. The number of hydrogen-bond donors (Lipinski definition) is 0. The van der Waals surface area contributed by atoms with Crippen LogP contribution in [0.3, 0.4) is 0 Å². The van der Waals surface area contributed by atoms with Gasteiger partial charge in [-0.25, -0.2) is 0 Å². The van der Waals surface area contributed by atoms with E-state index in [9.17, 15) is 0 Å². The maximum atomic E-state index is 4.63. The molecule has 174 valence electrons. The molecule has 0 radical (unpaired) electrons. The van der Waals surface area contributed by atoms with Gasteiger partial charge in [0.15, 0.2) is 0 Å². The van der Waals surface area contributed by atoms with Gasteiger partial charge in [-0.15, -0.1) is 0 Å². The lowest BCUT2D eigenvalue weighted by molar-refractivity contribution is 1.36. The summed E-state index contributed by atoms with van der Waals surface area (Å²) in [5.41, 5.74) is 7.17. The van der Waals surface area contributed by atoms with E-state index in [0.717, 1.165) is 65.9 Å². The van der Waals surface area contributed by atoms with Crippen molar-refractivity contribution < 1.29 is 0 Å². The van der Waals surface area contributed by atoms with E-state index in [0.29, 0.717) is 0 Å². The van der Waals surface area contributed by atoms with E-state index in [-0.39, 0.29) is 0 Å². The first-order valence-electron chi connectivity index (χ1n) is 12.2. The molecule has 0 bridgehead atoms. The zero-order valence-electron chi connectivity index (χ0n) is 20.2. The minimum Gasteiger partial charge on any atom is -0.254 e. The maximum Gasteiger partial charge on any atom is 0.0965 e. The third-order valence-corrected chi connectivity index (χ3v) is 6.43. The third-order valence-electron chi connectivity index (χ3n) is 6.43. The van der Waals surface area contributed by atoms with Crippen LogP contribution in [0.1, 0.15) is 22.3 Å². The average molecular weight is 483 g/mol. The van der Waals surface area contributed by atoms with E-state index in [4.69, 9.17) is 0 Å². The largest absolute Gasteiger partial charge is 0.254 e. The summed E-state index contributed by atoms with van der Waals surface area (Å²) >= 11 is 0. The second-order valence-corrected chi connectivity index (χ2v) is 8.95. The summed E-state index contributed by atoms with van der Waals surface area (Å²) < 4.78 is 0. The van der Waals surface area contributed by atoms with Gasteiger partial charge in [-0.3, -0.25) is 19.9 Å². The molecule has 4 heteroatoms. The van der Waals surface area contributed by atoms with Gasteiger partial charge in [0.2, 0.25) is 0 Å². The molecule has 0 aliphatic carbocycles. The molecule has 0 unspecified atom stereocenters. The van der Waals surface area contributed by atoms with Gasteiger partial charge in [-0.05, 0) is 48.5 Å². The molecule has 0 fully saturated rings. The number of nitrogens with zero attached hydrogens (tertiary/aromatic N) is 4. The van der Waals surface area contributed by atoms with E-state index >= 15 is 0 Å². The van der Waals surface area contributed by atoms with Gasteiger partial charge in [-0.2, -0.15) is 0 Å². The van der Waals surface area contributed by atoms with Crippen LogP contribution in [0.25, 0.3) is 43.6 Å². The second kappa shape index (κ2) is 9.13. The monoisotopic (exact) mass is 482 g/mol. The minimum atomic E-state index is 0.864. The molecular formula is C34H18N4. The van der Waals surface area contributed by atoms with Gasteiger partial charge in [0.25, 0.3) is 0 Å². The van der Waals surface area contributed by atoms with Crippen LogP contribution in [0.5, 0.6) is 0 Å². The highest BCUT2D eigenvalue weighted by Gasteiger charge is 2.04. The highest BCUT2D eigenvalue weighted by Crippen LogP contribution is 2.23. The van der Waals surface area contributed by atoms with Crippen molar-refractivity contribution in [2.24, 2.45) is 0 Å². The number of rotatable bonds is 0. The Hall–Kier alpha value is -5.58. The highest BCUT2D eigenvalue weighted by atomic mass is 14.7. The molecule has 7 aromatic rings. The standard InChI is InChI=1S/C34H18N4/c1-3-27-13-15-29-19-25(21-37-33(29)31(27)35-17-1)11-9-23-5-7-24(8-6-23)10-12-26-20-30-16-14-28-4-2-18-36-32(28)34(30)38-22-26/h1-8,13-22H. The quantitative estimate of drug-likeness (QED) is 0.179. The topological polar surface area (TPSA) is 51.6 Å². The van der Waals surface area contributed by atoms with E-state index in [2.05, 4.69) is 80.0 Å². The van der Waals surface area contributed by atoms with E-state index < -0.39 is 0 Å². The minimum absolute atomic E-state index is 0.864. The van der Waals surface area contributed by atoms with Crippen LogP contribution in [0, 0.1) is 23.7 Å². The lowest BCUT2D eigenvalue weighted by Crippen LogP contribution is -1.87. The molecule has 0 aliphatic heterocycles. The molecule has 0 spiro atoms. The van der Waals surface area contributed by atoms with Gasteiger partial charge in [0.05, 0.1) is 22.1 Å². The summed E-state index contributed by atoms with van der Waals surface area (Å²) in [6.07, 6.45) is 7.20. The first-order valence-corrected chi connectivity index (χ1v) is 12.2. The summed E-state index contributed by atoms with van der Waals surface area (Å²) in [5.74, 6) is 12.9. The number of fused-ring (bicyclic) bond motifs is 6. The molecule has 4 nitrogen and oxygen atoms in total. The van der Waals surface area contributed by atoms with Crippen LogP contribution in [-0.4, -0.2) is 19.9 Å². The fourth-order valence-electron chi connectivity index (χ4n) is 4.53. The predicted molar refractivity (Wildman–Crippen MR) is 152 cm³/mol. The van der Waals surface area contributed by atoms with Crippen LogP contribution in [0.15, 0.2) is 110 Å². The Morgan fingerprint density at radius 2 is 0.763 bits per heavy atom. The van der Waals surface area contributed by atoms with Crippen LogP contribution >= 0.6 is 0 Å². The Morgan fingerprint density at radius 1 is 0.368 bits per heavy atom. The lowest BCUT2D eigenvalue weighted by atomic mass is 10.1. The van der Waals surface area contributed by atoms with Crippen molar-refractivity contribution >= 4 is 43.6 Å². The fraction of sp³-hybridized carbons (Fsp3) is 0. The predicted octanol–water partition coefficient (Wildman–Crippen LogP) is 6.68. The summed E-state index contributed by atoms with van der Waals surface area (Å²) in [5, 5.41) is 4.22. The lowest BCUT2D eigenvalue weighted by Gasteiger charge is -2.02. The Balaban J connectivity index is 1.12. The smallest absolute Gasteiger partial charge is 0.0965 e. The third kappa shape index (κ3) is 4.07. The zero-order valence-corrected chi connectivity index (χ0v) is 20.2. The molecule has 38 heavy (non-hydrogen) atoms. The number of aromatic nitrogens is 4. The zero-order chi connectivity index (χ0) is 25.3. The van der Waals surface area contributed by atoms with Gasteiger partial charge in [0.1, 0.15) is 0 Å². The fourth-order valence-corrected chi connectivity index (χ4v) is 4.53. The van der Waals surface area contributed by atoms with Crippen molar-refractivity contribution in [3.63, 3.8) is 0 Å². The van der Waals surface area contributed by atoms with E-state index in [1.165, 1.54) is 0 Å². The molecule has 0 aliphatic rings. The molecule has 0 saturated carbocycles. The van der Waals surface area contributed by atoms with Gasteiger partial charge < -0.3 is 0 Å². The molecule has 3 aromatic carbocycles. The van der Waals surface area contributed by atoms with Gasteiger partial charge in [-0.1, -0.05) is 60.1 Å². The van der Waals surface area contributed by atoms with Crippen molar-refractivity contribution in [2.75, 3.05) is 0 Å². The van der Waals surface area contributed by atoms with Gasteiger partial charge >= 0.3 is 0 Å². The average Bonchev–Trinajstić information content (AvgIpc) is 2.99. The van der Waals surface area contributed by atoms with E-state index in [1.807, 2.05) is 48.5 Å². The number of hydrogen-bond acceptors (Lipinski definition) is 4. The first-order chi connectivity index (χ1) is 18.8. The number of benzene rings is 3. The highest BCUT2D eigenvalue weighted by molar-refractivity contribution is 6.03. The van der Waals surface area contributed by atoms with Crippen LogP contribution in [0.2, 0.25) is 0 Å². The molecule has 0 saturated heterocycles. The van der Waals surface area contributed by atoms with Crippen molar-refractivity contribution in [3.05, 3.63) is 132 Å². The summed E-state index contributed by atoms with van der Waals surface area (Å²) in [6.45, 7) is 0. The Bertz CT molecular complexity index is 1980. The summed E-state index contributed by atoms with van der Waals surface area (Å²) in [7, 11) is 0. The van der Waals surface area contributed by atoms with Crippen LogP contribution in [0.4, 0.5) is 0 Å². The Labute approximate surface area is 219 Å². The normalized spacial score (nSPS) is 10.7. The Kier molecular flexibility index (Phi) is 5.21. The number of pyridine rings is 4. The summed E-state index contributed by atoms with van der Waals surface area (Å²) in [6, 6.07) is 28.3. The van der Waals surface area contributed by atoms with Crippen LogP contribution in [-0.2, 0) is 0 Å². The molecule has 4 aromatic heterocycles. The second-order valence-electron chi connectivity index (χ2n) is 8.95. The van der Waals surface area contributed by atoms with Crippen LogP contribution < -0.4 is 0 Å². The Morgan fingerprint density at radius 3 is 1.24 bits per heavy atom. The molecular weight excluding hydrogens is 464 g/mol. The molecule has 0 amide bonds. The van der Waals surface area contributed by atoms with Crippen molar-refractivity contribution in [2.45, 2.75) is 0 Å². The SMILES string of the molecule is C(#Cc1cnc2c(ccc3cccnc32)c1)c1ccc(C#Cc2cnc3c(ccc4cccnc43)c2)cc1. The molecule has 7 rings (SSSR count). The summed E-state index contributed by atoms with van der Waals surface area (Å²) in [4.78, 5) is 18.2. The van der Waals surface area contributed by atoms with Crippen molar-refractivity contribution in [3.8, 4) is 23.7 Å². The van der Waals surface area contributed by atoms with E-state index in [1.54, 1.807) is 24.8 Å². The molecule has 4 heterocycles. The maximum absolute atomic E-state index is 4.63.